The zero-order valence-electron chi connectivity index (χ0n) is 14.6. The minimum Gasteiger partial charge on any atom is -0.337 e. The van der Waals surface area contributed by atoms with Gasteiger partial charge in [0.1, 0.15) is 5.69 Å². The molecule has 0 unspecified atom stereocenters. The molecule has 1 aliphatic rings. The standard InChI is InChI=1S/C18H22N6O/c1-13-10-20-23(11-13)12-15-4-8-22(9-5-15)17(25)16-14(2)21-18-19-6-3-7-24(16)18/h3,6-7,10-11,15H,4-5,8-9,12H2,1-2H3. The van der Waals surface area contributed by atoms with Crippen molar-refractivity contribution >= 4 is 11.7 Å². The first-order valence-electron chi connectivity index (χ1n) is 8.70. The second-order valence-electron chi connectivity index (χ2n) is 6.81. The Balaban J connectivity index is 1.45. The summed E-state index contributed by atoms with van der Waals surface area (Å²) in [4.78, 5) is 23.5. The van der Waals surface area contributed by atoms with Gasteiger partial charge in [0.2, 0.25) is 5.78 Å². The van der Waals surface area contributed by atoms with Crippen LogP contribution in [0.2, 0.25) is 0 Å². The van der Waals surface area contributed by atoms with Crippen molar-refractivity contribution in [1.29, 1.82) is 0 Å². The third kappa shape index (κ3) is 3.01. The zero-order valence-corrected chi connectivity index (χ0v) is 14.6. The molecule has 3 aromatic rings. The Labute approximate surface area is 146 Å². The van der Waals surface area contributed by atoms with Crippen LogP contribution in [-0.4, -0.2) is 48.0 Å². The molecular formula is C18H22N6O. The highest BCUT2D eigenvalue weighted by Gasteiger charge is 2.27. The predicted octanol–water partition coefficient (Wildman–Crippen LogP) is 2.10. The number of rotatable bonds is 3. The average molecular weight is 338 g/mol. The van der Waals surface area contributed by atoms with Crippen LogP contribution < -0.4 is 0 Å². The van der Waals surface area contributed by atoms with Crippen LogP contribution in [0.25, 0.3) is 5.78 Å². The Morgan fingerprint density at radius 1 is 1.28 bits per heavy atom. The molecule has 0 saturated carbocycles. The molecular weight excluding hydrogens is 316 g/mol. The summed E-state index contributed by atoms with van der Waals surface area (Å²) in [6, 6.07) is 1.82. The summed E-state index contributed by atoms with van der Waals surface area (Å²) in [7, 11) is 0. The molecule has 7 heteroatoms. The molecule has 0 radical (unpaired) electrons. The summed E-state index contributed by atoms with van der Waals surface area (Å²) in [5.74, 6) is 1.19. The maximum atomic E-state index is 13.0. The number of aryl methyl sites for hydroxylation is 2. The molecule has 0 atom stereocenters. The molecule has 7 nitrogen and oxygen atoms in total. The SMILES string of the molecule is Cc1cnn(CC2CCN(C(=O)c3c(C)nc4ncccn34)CC2)c1. The fourth-order valence-corrected chi connectivity index (χ4v) is 3.56. The zero-order chi connectivity index (χ0) is 17.4. The van der Waals surface area contributed by atoms with Gasteiger partial charge in [0.25, 0.3) is 5.91 Å². The topological polar surface area (TPSA) is 68.3 Å². The van der Waals surface area contributed by atoms with Crippen molar-refractivity contribution in [3.05, 3.63) is 47.8 Å². The van der Waals surface area contributed by atoms with Gasteiger partial charge in [-0.25, -0.2) is 9.97 Å². The molecule has 1 amide bonds. The maximum Gasteiger partial charge on any atom is 0.272 e. The number of fused-ring (bicyclic) bond motifs is 1. The molecule has 1 fully saturated rings. The Hall–Kier alpha value is -2.70. The smallest absolute Gasteiger partial charge is 0.272 e. The van der Waals surface area contributed by atoms with Gasteiger partial charge >= 0.3 is 0 Å². The number of amides is 1. The minimum absolute atomic E-state index is 0.0476. The van der Waals surface area contributed by atoms with Gasteiger partial charge in [-0.3, -0.25) is 13.9 Å². The van der Waals surface area contributed by atoms with E-state index >= 15 is 0 Å². The lowest BCUT2D eigenvalue weighted by Crippen LogP contribution is -2.40. The highest BCUT2D eigenvalue weighted by atomic mass is 16.2. The van der Waals surface area contributed by atoms with Gasteiger partial charge in [-0.1, -0.05) is 0 Å². The van der Waals surface area contributed by atoms with Gasteiger partial charge in [0.05, 0.1) is 11.9 Å². The van der Waals surface area contributed by atoms with Crippen LogP contribution in [0, 0.1) is 19.8 Å². The van der Waals surface area contributed by atoms with Crippen molar-refractivity contribution < 1.29 is 4.79 Å². The summed E-state index contributed by atoms with van der Waals surface area (Å²) in [5, 5.41) is 4.37. The van der Waals surface area contributed by atoms with Gasteiger partial charge in [-0.15, -0.1) is 0 Å². The largest absolute Gasteiger partial charge is 0.337 e. The molecule has 0 aliphatic carbocycles. The molecule has 0 N–H and O–H groups in total. The van der Waals surface area contributed by atoms with E-state index in [0.29, 0.717) is 17.4 Å². The summed E-state index contributed by atoms with van der Waals surface area (Å²) >= 11 is 0. The van der Waals surface area contributed by atoms with E-state index in [2.05, 4.69) is 28.2 Å². The Bertz CT molecular complexity index is 903. The molecule has 1 aliphatic heterocycles. The Morgan fingerprint density at radius 3 is 2.80 bits per heavy atom. The van der Waals surface area contributed by atoms with Crippen LogP contribution in [-0.2, 0) is 6.54 Å². The number of hydrogen-bond donors (Lipinski definition) is 0. The highest BCUT2D eigenvalue weighted by molar-refractivity contribution is 5.94. The van der Waals surface area contributed by atoms with Crippen molar-refractivity contribution in [2.24, 2.45) is 5.92 Å². The lowest BCUT2D eigenvalue weighted by atomic mass is 9.96. The number of hydrogen-bond acceptors (Lipinski definition) is 4. The first kappa shape index (κ1) is 15.8. The van der Waals surface area contributed by atoms with E-state index in [4.69, 9.17) is 0 Å². The van der Waals surface area contributed by atoms with E-state index in [0.717, 1.165) is 38.2 Å². The second-order valence-corrected chi connectivity index (χ2v) is 6.81. The maximum absolute atomic E-state index is 13.0. The van der Waals surface area contributed by atoms with Crippen molar-refractivity contribution in [1.82, 2.24) is 29.0 Å². The fourth-order valence-electron chi connectivity index (χ4n) is 3.56. The van der Waals surface area contributed by atoms with Gasteiger partial charge in [0.15, 0.2) is 0 Å². The predicted molar refractivity (Wildman–Crippen MR) is 93.3 cm³/mol. The number of carbonyl (C=O) groups is 1. The van der Waals surface area contributed by atoms with Gasteiger partial charge in [-0.05, 0) is 44.2 Å². The van der Waals surface area contributed by atoms with Gasteiger partial charge < -0.3 is 4.90 Å². The normalized spacial score (nSPS) is 15.8. The molecule has 0 bridgehead atoms. The van der Waals surface area contributed by atoms with Crippen molar-refractivity contribution in [3.63, 3.8) is 0 Å². The van der Waals surface area contributed by atoms with E-state index in [1.165, 1.54) is 5.56 Å². The third-order valence-corrected chi connectivity index (χ3v) is 4.89. The minimum atomic E-state index is 0.0476. The molecule has 3 aromatic heterocycles. The van der Waals surface area contributed by atoms with Crippen molar-refractivity contribution in [2.75, 3.05) is 13.1 Å². The number of aromatic nitrogens is 5. The number of nitrogens with zero attached hydrogens (tertiary/aromatic N) is 6. The van der Waals surface area contributed by atoms with Crippen molar-refractivity contribution in [3.8, 4) is 0 Å². The third-order valence-electron chi connectivity index (χ3n) is 4.89. The van der Waals surface area contributed by atoms with Crippen LogP contribution in [0.15, 0.2) is 30.9 Å². The van der Waals surface area contributed by atoms with E-state index in [-0.39, 0.29) is 5.91 Å². The van der Waals surface area contributed by atoms with E-state index < -0.39 is 0 Å². The van der Waals surface area contributed by atoms with Crippen molar-refractivity contribution in [2.45, 2.75) is 33.2 Å². The van der Waals surface area contributed by atoms with E-state index in [1.807, 2.05) is 35.0 Å². The second kappa shape index (κ2) is 6.31. The van der Waals surface area contributed by atoms with Crippen LogP contribution in [0.5, 0.6) is 0 Å². The Kier molecular flexibility index (Phi) is 3.99. The quantitative estimate of drug-likeness (QED) is 0.733. The summed E-state index contributed by atoms with van der Waals surface area (Å²) in [5.41, 5.74) is 2.55. The van der Waals surface area contributed by atoms with E-state index in [1.54, 1.807) is 10.6 Å². The molecule has 0 aromatic carbocycles. The molecule has 130 valence electrons. The van der Waals surface area contributed by atoms with Gasteiger partial charge in [-0.2, -0.15) is 5.10 Å². The highest BCUT2D eigenvalue weighted by Crippen LogP contribution is 2.22. The van der Waals surface area contributed by atoms with Crippen LogP contribution in [0.1, 0.15) is 34.6 Å². The molecule has 4 heterocycles. The first-order valence-corrected chi connectivity index (χ1v) is 8.70. The van der Waals surface area contributed by atoms with Gasteiger partial charge in [0, 0.05) is 38.2 Å². The molecule has 25 heavy (non-hydrogen) atoms. The first-order chi connectivity index (χ1) is 12.1. The lowest BCUT2D eigenvalue weighted by Gasteiger charge is -2.32. The molecule has 1 saturated heterocycles. The Morgan fingerprint density at radius 2 is 2.08 bits per heavy atom. The number of imidazole rings is 1. The van der Waals surface area contributed by atoms with Crippen LogP contribution >= 0.6 is 0 Å². The van der Waals surface area contributed by atoms with Crippen LogP contribution in [0.4, 0.5) is 0 Å². The lowest BCUT2D eigenvalue weighted by molar-refractivity contribution is 0.0673. The fraction of sp³-hybridized carbons (Fsp3) is 0.444. The summed E-state index contributed by atoms with van der Waals surface area (Å²) in [6.45, 7) is 6.40. The number of likely N-dealkylation sites (tertiary alicyclic amines) is 1. The van der Waals surface area contributed by atoms with Crippen LogP contribution in [0.3, 0.4) is 0 Å². The van der Waals surface area contributed by atoms with E-state index in [9.17, 15) is 4.79 Å². The monoisotopic (exact) mass is 338 g/mol. The summed E-state index contributed by atoms with van der Waals surface area (Å²) < 4.78 is 3.80. The number of carbonyl (C=O) groups excluding carboxylic acids is 1. The average Bonchev–Trinajstić information content (AvgIpc) is 3.17. The molecule has 0 spiro atoms. The summed E-state index contributed by atoms with van der Waals surface area (Å²) in [6.07, 6.45) is 9.50. The molecule has 4 rings (SSSR count). The number of piperidine rings is 1.